The first-order valence-electron chi connectivity index (χ1n) is 4.96. The standard InChI is InChI=1S/C12H13NO2S/c1-8-11(7-14)13-12(16-8)9-4-3-5-10(6-9)15-2/h3-6,14H,7H2,1-2H3. The van der Waals surface area contributed by atoms with Crippen LogP contribution in [0.4, 0.5) is 0 Å². The monoisotopic (exact) mass is 235 g/mol. The SMILES string of the molecule is COc1cccc(-c2nc(CO)c(C)s2)c1. The molecule has 1 aromatic heterocycles. The Balaban J connectivity index is 2.41. The predicted molar refractivity (Wildman–Crippen MR) is 64.8 cm³/mol. The van der Waals surface area contributed by atoms with Gasteiger partial charge in [-0.1, -0.05) is 12.1 Å². The van der Waals surface area contributed by atoms with Gasteiger partial charge in [0.05, 0.1) is 19.4 Å². The molecule has 4 heteroatoms. The van der Waals surface area contributed by atoms with Gasteiger partial charge in [0, 0.05) is 10.4 Å². The predicted octanol–water partition coefficient (Wildman–Crippen LogP) is 2.62. The molecule has 0 radical (unpaired) electrons. The van der Waals surface area contributed by atoms with Crippen LogP contribution in [0.15, 0.2) is 24.3 Å². The molecule has 2 aromatic rings. The summed E-state index contributed by atoms with van der Waals surface area (Å²) in [5.41, 5.74) is 1.77. The van der Waals surface area contributed by atoms with Crippen LogP contribution >= 0.6 is 11.3 Å². The summed E-state index contributed by atoms with van der Waals surface area (Å²) in [6, 6.07) is 7.77. The summed E-state index contributed by atoms with van der Waals surface area (Å²) in [5, 5.41) is 10.0. The Morgan fingerprint density at radius 3 is 2.88 bits per heavy atom. The fourth-order valence-electron chi connectivity index (χ4n) is 1.45. The lowest BCUT2D eigenvalue weighted by Gasteiger charge is -2.00. The first-order chi connectivity index (χ1) is 7.74. The molecule has 0 saturated carbocycles. The summed E-state index contributed by atoms with van der Waals surface area (Å²) < 4.78 is 5.17. The highest BCUT2D eigenvalue weighted by atomic mass is 32.1. The number of methoxy groups -OCH3 is 1. The molecule has 0 unspecified atom stereocenters. The highest BCUT2D eigenvalue weighted by Gasteiger charge is 2.08. The van der Waals surface area contributed by atoms with Gasteiger partial charge >= 0.3 is 0 Å². The number of hydrogen-bond donors (Lipinski definition) is 1. The minimum atomic E-state index is -0.00764. The fraction of sp³-hybridized carbons (Fsp3) is 0.250. The summed E-state index contributed by atoms with van der Waals surface area (Å²) in [5.74, 6) is 0.816. The first-order valence-corrected chi connectivity index (χ1v) is 5.78. The van der Waals surface area contributed by atoms with Crippen molar-refractivity contribution in [1.82, 2.24) is 4.98 Å². The number of hydrogen-bond acceptors (Lipinski definition) is 4. The zero-order valence-corrected chi connectivity index (χ0v) is 10.0. The molecule has 84 valence electrons. The summed E-state index contributed by atoms with van der Waals surface area (Å²) in [6.45, 7) is 1.96. The van der Waals surface area contributed by atoms with E-state index in [1.807, 2.05) is 31.2 Å². The van der Waals surface area contributed by atoms with E-state index in [4.69, 9.17) is 9.84 Å². The van der Waals surface area contributed by atoms with Crippen molar-refractivity contribution in [3.63, 3.8) is 0 Å². The van der Waals surface area contributed by atoms with Crippen LogP contribution in [0.3, 0.4) is 0 Å². The lowest BCUT2D eigenvalue weighted by molar-refractivity contribution is 0.277. The molecule has 3 nitrogen and oxygen atoms in total. The molecule has 1 aromatic carbocycles. The normalized spacial score (nSPS) is 10.4. The quantitative estimate of drug-likeness (QED) is 0.889. The lowest BCUT2D eigenvalue weighted by atomic mass is 10.2. The first kappa shape index (κ1) is 11.1. The summed E-state index contributed by atoms with van der Waals surface area (Å²) >= 11 is 1.58. The van der Waals surface area contributed by atoms with E-state index in [0.717, 1.165) is 26.9 Å². The Morgan fingerprint density at radius 1 is 1.44 bits per heavy atom. The van der Waals surface area contributed by atoms with Gasteiger partial charge in [-0.05, 0) is 19.1 Å². The Bertz CT molecular complexity index is 494. The lowest BCUT2D eigenvalue weighted by Crippen LogP contribution is -1.86. The van der Waals surface area contributed by atoms with E-state index < -0.39 is 0 Å². The molecular formula is C12H13NO2S. The molecule has 0 spiro atoms. The van der Waals surface area contributed by atoms with Crippen molar-refractivity contribution in [2.45, 2.75) is 13.5 Å². The number of nitrogens with zero attached hydrogens (tertiary/aromatic N) is 1. The third-order valence-electron chi connectivity index (χ3n) is 2.36. The number of ether oxygens (including phenoxy) is 1. The van der Waals surface area contributed by atoms with Crippen LogP contribution < -0.4 is 4.74 Å². The van der Waals surface area contributed by atoms with Crippen LogP contribution in [0.25, 0.3) is 10.6 Å². The van der Waals surface area contributed by atoms with Crippen molar-refractivity contribution in [2.24, 2.45) is 0 Å². The second kappa shape index (κ2) is 4.63. The average Bonchev–Trinajstić information content (AvgIpc) is 2.71. The Morgan fingerprint density at radius 2 is 2.25 bits per heavy atom. The molecule has 1 N–H and O–H groups in total. The van der Waals surface area contributed by atoms with Gasteiger partial charge in [-0.2, -0.15) is 0 Å². The number of aliphatic hydroxyl groups is 1. The second-order valence-electron chi connectivity index (χ2n) is 3.41. The van der Waals surface area contributed by atoms with Gasteiger partial charge in [0.1, 0.15) is 10.8 Å². The number of rotatable bonds is 3. The van der Waals surface area contributed by atoms with Gasteiger partial charge in [0.2, 0.25) is 0 Å². The Kier molecular flexibility index (Phi) is 3.22. The zero-order valence-electron chi connectivity index (χ0n) is 9.23. The van der Waals surface area contributed by atoms with Gasteiger partial charge in [-0.25, -0.2) is 4.98 Å². The maximum absolute atomic E-state index is 9.10. The van der Waals surface area contributed by atoms with Crippen molar-refractivity contribution < 1.29 is 9.84 Å². The van der Waals surface area contributed by atoms with Crippen molar-refractivity contribution in [2.75, 3.05) is 7.11 Å². The van der Waals surface area contributed by atoms with E-state index >= 15 is 0 Å². The van der Waals surface area contributed by atoms with E-state index in [2.05, 4.69) is 4.98 Å². The maximum atomic E-state index is 9.10. The van der Waals surface area contributed by atoms with E-state index in [1.165, 1.54) is 0 Å². The van der Waals surface area contributed by atoms with E-state index in [-0.39, 0.29) is 6.61 Å². The van der Waals surface area contributed by atoms with Crippen LogP contribution in [0.2, 0.25) is 0 Å². The molecule has 0 aliphatic carbocycles. The molecule has 0 aliphatic rings. The van der Waals surface area contributed by atoms with Gasteiger partial charge in [-0.3, -0.25) is 0 Å². The van der Waals surface area contributed by atoms with Gasteiger partial charge in [-0.15, -0.1) is 11.3 Å². The molecule has 1 heterocycles. The molecule has 0 aliphatic heterocycles. The summed E-state index contributed by atoms with van der Waals surface area (Å²) in [6.07, 6.45) is 0. The molecule has 0 saturated heterocycles. The molecule has 0 bridgehead atoms. The fourth-order valence-corrected chi connectivity index (χ4v) is 2.37. The van der Waals surface area contributed by atoms with E-state index in [0.29, 0.717) is 0 Å². The third-order valence-corrected chi connectivity index (χ3v) is 3.42. The van der Waals surface area contributed by atoms with Crippen molar-refractivity contribution in [3.05, 3.63) is 34.8 Å². The minimum Gasteiger partial charge on any atom is -0.497 e. The molecular weight excluding hydrogens is 222 g/mol. The van der Waals surface area contributed by atoms with Crippen LogP contribution in [0.1, 0.15) is 10.6 Å². The summed E-state index contributed by atoms with van der Waals surface area (Å²) in [4.78, 5) is 5.44. The average molecular weight is 235 g/mol. The highest BCUT2D eigenvalue weighted by Crippen LogP contribution is 2.29. The highest BCUT2D eigenvalue weighted by molar-refractivity contribution is 7.15. The van der Waals surface area contributed by atoms with Crippen LogP contribution in [0.5, 0.6) is 5.75 Å². The van der Waals surface area contributed by atoms with E-state index in [9.17, 15) is 0 Å². The van der Waals surface area contributed by atoms with Crippen molar-refractivity contribution in [3.8, 4) is 16.3 Å². The number of aliphatic hydroxyl groups excluding tert-OH is 1. The molecule has 2 rings (SSSR count). The smallest absolute Gasteiger partial charge is 0.124 e. The van der Waals surface area contributed by atoms with Crippen molar-refractivity contribution in [1.29, 1.82) is 0 Å². The topological polar surface area (TPSA) is 42.4 Å². The van der Waals surface area contributed by atoms with Gasteiger partial charge in [0.25, 0.3) is 0 Å². The minimum absolute atomic E-state index is 0.00764. The maximum Gasteiger partial charge on any atom is 0.124 e. The molecule has 0 amide bonds. The largest absolute Gasteiger partial charge is 0.497 e. The molecule has 0 atom stereocenters. The third kappa shape index (κ3) is 2.08. The van der Waals surface area contributed by atoms with E-state index in [1.54, 1.807) is 18.4 Å². The van der Waals surface area contributed by atoms with Crippen LogP contribution in [0, 0.1) is 6.92 Å². The molecule has 0 fully saturated rings. The van der Waals surface area contributed by atoms with Gasteiger partial charge < -0.3 is 9.84 Å². The Hall–Kier alpha value is -1.39. The summed E-state index contributed by atoms with van der Waals surface area (Å²) in [7, 11) is 1.64. The molecule has 16 heavy (non-hydrogen) atoms. The van der Waals surface area contributed by atoms with Crippen LogP contribution in [-0.4, -0.2) is 17.2 Å². The Labute approximate surface area is 98.4 Å². The van der Waals surface area contributed by atoms with Crippen molar-refractivity contribution >= 4 is 11.3 Å². The number of aryl methyl sites for hydroxylation is 1. The second-order valence-corrected chi connectivity index (χ2v) is 4.62. The number of thiazole rings is 1. The van der Waals surface area contributed by atoms with Gasteiger partial charge in [0.15, 0.2) is 0 Å². The number of benzene rings is 1. The zero-order chi connectivity index (χ0) is 11.5. The van der Waals surface area contributed by atoms with Crippen LogP contribution in [-0.2, 0) is 6.61 Å². The number of aromatic nitrogens is 1.